The van der Waals surface area contributed by atoms with Crippen molar-refractivity contribution in [2.24, 2.45) is 0 Å². The van der Waals surface area contributed by atoms with Gasteiger partial charge in [-0.1, -0.05) is 206 Å². The van der Waals surface area contributed by atoms with Crippen LogP contribution in [0.4, 0.5) is 0 Å². The first kappa shape index (κ1) is 63.8. The van der Waals surface area contributed by atoms with Crippen LogP contribution in [-0.2, 0) is 23.7 Å². The van der Waals surface area contributed by atoms with Crippen LogP contribution in [0.25, 0.3) is 0 Å². The Kier molecular flexibility index (Phi) is 39.0. The van der Waals surface area contributed by atoms with Gasteiger partial charge in [0.15, 0.2) is 12.6 Å². The Morgan fingerprint density at radius 1 is 0.507 bits per heavy atom. The molecule has 0 radical (unpaired) electrons. The number of carbonyl (C=O) groups is 1. The summed E-state index contributed by atoms with van der Waals surface area (Å²) >= 11 is 0. The lowest BCUT2D eigenvalue weighted by Crippen LogP contribution is -2.65. The summed E-state index contributed by atoms with van der Waals surface area (Å²) in [6, 6.07) is -0.829. The van der Waals surface area contributed by atoms with Crippen molar-refractivity contribution in [3.8, 4) is 0 Å². The minimum absolute atomic E-state index is 0.214. The van der Waals surface area contributed by atoms with E-state index in [2.05, 4.69) is 31.3 Å². The van der Waals surface area contributed by atoms with Gasteiger partial charge in [0, 0.05) is 6.42 Å². The van der Waals surface area contributed by atoms with Gasteiger partial charge in [0.2, 0.25) is 5.91 Å². The largest absolute Gasteiger partial charge is 0.394 e. The molecular formula is C55H105NO13. The van der Waals surface area contributed by atoms with E-state index in [4.69, 9.17) is 18.9 Å². The quantitative estimate of drug-likeness (QED) is 0.0206. The molecule has 0 aromatic heterocycles. The second kappa shape index (κ2) is 42.1. The summed E-state index contributed by atoms with van der Waals surface area (Å²) in [7, 11) is 0. The third-order valence-electron chi connectivity index (χ3n) is 14.2. The predicted octanol–water partition coefficient (Wildman–Crippen LogP) is 8.72. The molecule has 2 aliphatic heterocycles. The van der Waals surface area contributed by atoms with Gasteiger partial charge in [-0.25, -0.2) is 0 Å². The van der Waals surface area contributed by atoms with E-state index in [1.165, 1.54) is 141 Å². The summed E-state index contributed by atoms with van der Waals surface area (Å²) in [5, 5.41) is 87.1. The molecule has 2 saturated heterocycles. The molecule has 0 saturated carbocycles. The van der Waals surface area contributed by atoms with Gasteiger partial charge >= 0.3 is 0 Å². The van der Waals surface area contributed by atoms with Gasteiger partial charge in [0.05, 0.1) is 32.0 Å². The molecule has 14 heteroatoms. The fourth-order valence-electron chi connectivity index (χ4n) is 9.59. The molecular weight excluding hydrogens is 883 g/mol. The van der Waals surface area contributed by atoms with E-state index in [1.807, 2.05) is 0 Å². The minimum atomic E-state index is -1.78. The van der Waals surface area contributed by atoms with Crippen LogP contribution in [0.15, 0.2) is 12.2 Å². The Morgan fingerprint density at radius 3 is 1.41 bits per heavy atom. The zero-order valence-corrected chi connectivity index (χ0v) is 43.6. The molecule has 14 nitrogen and oxygen atoms in total. The minimum Gasteiger partial charge on any atom is -0.394 e. The van der Waals surface area contributed by atoms with Gasteiger partial charge in [0.25, 0.3) is 0 Å². The summed E-state index contributed by atoms with van der Waals surface area (Å²) in [6.45, 7) is 2.84. The van der Waals surface area contributed by atoms with Crippen molar-refractivity contribution in [1.29, 1.82) is 0 Å². The number of rotatable bonds is 45. The van der Waals surface area contributed by atoms with Gasteiger partial charge in [-0.15, -0.1) is 0 Å². The molecule has 9 N–H and O–H groups in total. The third-order valence-corrected chi connectivity index (χ3v) is 14.2. The zero-order chi connectivity index (χ0) is 50.3. The van der Waals surface area contributed by atoms with Gasteiger partial charge < -0.3 is 65.1 Å². The molecule has 0 aromatic rings. The second-order valence-electron chi connectivity index (χ2n) is 20.4. The molecule has 12 atom stereocenters. The second-order valence-corrected chi connectivity index (χ2v) is 20.4. The monoisotopic (exact) mass is 988 g/mol. The lowest BCUT2D eigenvalue weighted by molar-refractivity contribution is -0.359. The Bertz CT molecular complexity index is 1210. The van der Waals surface area contributed by atoms with E-state index in [9.17, 15) is 45.6 Å². The summed E-state index contributed by atoms with van der Waals surface area (Å²) in [5.41, 5.74) is 0. The summed E-state index contributed by atoms with van der Waals surface area (Å²) in [6.07, 6.45) is 29.3. The van der Waals surface area contributed by atoms with Crippen molar-refractivity contribution in [2.45, 2.75) is 312 Å². The molecule has 0 bridgehead atoms. The van der Waals surface area contributed by atoms with Crippen LogP contribution in [0.5, 0.6) is 0 Å². The molecule has 2 rings (SSSR count). The highest BCUT2D eigenvalue weighted by Crippen LogP contribution is 2.30. The Labute approximate surface area is 418 Å². The van der Waals surface area contributed by atoms with Crippen molar-refractivity contribution in [3.05, 3.63) is 12.2 Å². The number of amides is 1. The average Bonchev–Trinajstić information content (AvgIpc) is 3.35. The molecule has 69 heavy (non-hydrogen) atoms. The maximum absolute atomic E-state index is 13.2. The molecule has 2 fully saturated rings. The first-order valence-corrected chi connectivity index (χ1v) is 28.4. The standard InChI is InChI=1S/C55H105NO13/c1-3-5-7-9-11-13-15-17-18-19-20-21-22-23-24-25-26-27-28-30-32-34-36-38-44(59)43(56-47(60)39-37-35-33-31-29-16-14-12-10-8-6-4-2)42-66-54-52(65)50(63)53(46(41-58)68-54)69-55-51(64)49(62)48(61)45(40-57)67-55/h12,14,43-46,48-55,57-59,61-65H,3-11,13,15-42H2,1-2H3,(H,56,60)/b14-12-. The van der Waals surface area contributed by atoms with Crippen molar-refractivity contribution in [1.82, 2.24) is 5.32 Å². The zero-order valence-electron chi connectivity index (χ0n) is 43.6. The van der Waals surface area contributed by atoms with Crippen LogP contribution >= 0.6 is 0 Å². The molecule has 0 aliphatic carbocycles. The molecule has 0 aromatic carbocycles. The normalized spacial score (nSPS) is 26.2. The van der Waals surface area contributed by atoms with Gasteiger partial charge in [-0.05, 0) is 38.5 Å². The summed E-state index contributed by atoms with van der Waals surface area (Å²) in [5.74, 6) is -0.214. The lowest BCUT2D eigenvalue weighted by Gasteiger charge is -2.46. The van der Waals surface area contributed by atoms with Gasteiger partial charge in [0.1, 0.15) is 48.8 Å². The van der Waals surface area contributed by atoms with Crippen molar-refractivity contribution in [2.75, 3.05) is 19.8 Å². The summed E-state index contributed by atoms with van der Waals surface area (Å²) < 4.78 is 22.8. The molecule has 408 valence electrons. The van der Waals surface area contributed by atoms with Gasteiger partial charge in [-0.2, -0.15) is 0 Å². The first-order chi connectivity index (χ1) is 33.6. The smallest absolute Gasteiger partial charge is 0.220 e. The Morgan fingerprint density at radius 2 is 0.913 bits per heavy atom. The Balaban J connectivity index is 1.74. The number of allylic oxidation sites excluding steroid dienone is 2. The number of ether oxygens (including phenoxy) is 4. The summed E-state index contributed by atoms with van der Waals surface area (Å²) in [4.78, 5) is 13.2. The van der Waals surface area contributed by atoms with E-state index in [-0.39, 0.29) is 12.5 Å². The highest BCUT2D eigenvalue weighted by Gasteiger charge is 2.51. The number of nitrogens with one attached hydrogen (secondary N) is 1. The maximum Gasteiger partial charge on any atom is 0.220 e. The third kappa shape index (κ3) is 28.7. The first-order valence-electron chi connectivity index (χ1n) is 28.4. The average molecular weight is 988 g/mol. The molecule has 2 heterocycles. The number of aliphatic hydroxyl groups is 8. The van der Waals surface area contributed by atoms with Crippen molar-refractivity contribution in [3.63, 3.8) is 0 Å². The predicted molar refractivity (Wildman–Crippen MR) is 272 cm³/mol. The van der Waals surface area contributed by atoms with E-state index >= 15 is 0 Å². The van der Waals surface area contributed by atoms with Crippen LogP contribution in [-0.4, -0.2) is 140 Å². The van der Waals surface area contributed by atoms with E-state index in [1.54, 1.807) is 0 Å². The fraction of sp³-hybridized carbons (Fsp3) is 0.945. The highest BCUT2D eigenvalue weighted by atomic mass is 16.7. The van der Waals surface area contributed by atoms with Crippen molar-refractivity contribution >= 4 is 5.91 Å². The number of hydrogen-bond donors (Lipinski definition) is 9. The number of hydrogen-bond acceptors (Lipinski definition) is 13. The van der Waals surface area contributed by atoms with Crippen LogP contribution in [0.1, 0.15) is 239 Å². The Hall–Kier alpha value is -1.27. The molecule has 12 unspecified atom stereocenters. The van der Waals surface area contributed by atoms with Crippen LogP contribution in [0.3, 0.4) is 0 Å². The number of aliphatic hydroxyl groups excluding tert-OH is 8. The van der Waals surface area contributed by atoms with Crippen LogP contribution < -0.4 is 5.32 Å². The molecule has 1 amide bonds. The van der Waals surface area contributed by atoms with E-state index < -0.39 is 86.8 Å². The molecule has 0 spiro atoms. The molecule has 2 aliphatic rings. The highest BCUT2D eigenvalue weighted by molar-refractivity contribution is 5.76. The van der Waals surface area contributed by atoms with Gasteiger partial charge in [-0.3, -0.25) is 4.79 Å². The lowest BCUT2D eigenvalue weighted by atomic mass is 9.97. The fourth-order valence-corrected chi connectivity index (χ4v) is 9.59. The SMILES string of the molecule is CCCCC/C=C\CCCCCCCC(=O)NC(COC1OC(CO)C(OC2OC(CO)C(O)C(O)C2O)C(O)C1O)C(O)CCCCCCCCCCCCCCCCCCCCCCCCC. The number of carbonyl (C=O) groups excluding carboxylic acids is 1. The maximum atomic E-state index is 13.2. The van der Waals surface area contributed by atoms with E-state index in [0.717, 1.165) is 64.2 Å². The van der Waals surface area contributed by atoms with E-state index in [0.29, 0.717) is 19.3 Å². The van der Waals surface area contributed by atoms with Crippen molar-refractivity contribution < 1.29 is 64.6 Å². The number of unbranched alkanes of at least 4 members (excludes halogenated alkanes) is 30. The topological polar surface area (TPSA) is 228 Å². The van der Waals surface area contributed by atoms with Crippen LogP contribution in [0, 0.1) is 0 Å². The van der Waals surface area contributed by atoms with Crippen LogP contribution in [0.2, 0.25) is 0 Å².